The molecule has 0 fully saturated rings. The molecule has 0 rings (SSSR count). The van der Waals surface area contributed by atoms with Crippen molar-refractivity contribution in [2.45, 2.75) is 6.92 Å². The third-order valence-electron chi connectivity index (χ3n) is 0.606. The van der Waals surface area contributed by atoms with Crippen molar-refractivity contribution in [2.75, 3.05) is 18.6 Å². The number of hydrogen-bond acceptors (Lipinski definition) is 3. The van der Waals surface area contributed by atoms with E-state index in [0.29, 0.717) is 12.4 Å². The lowest BCUT2D eigenvalue weighted by Gasteiger charge is -1.99. The molecular formula is C5H11NO2S. The van der Waals surface area contributed by atoms with Gasteiger partial charge in [-0.2, -0.15) is 11.8 Å². The van der Waals surface area contributed by atoms with Gasteiger partial charge in [-0.3, -0.25) is 9.63 Å². The molecule has 3 nitrogen and oxygen atoms in total. The summed E-state index contributed by atoms with van der Waals surface area (Å²) >= 11 is 1.47. The predicted octanol–water partition coefficient (Wildman–Crippen LogP) is 0.417. The number of nitrogens with one attached hydrogen (secondary N) is 1. The highest BCUT2D eigenvalue weighted by atomic mass is 32.2. The first-order valence-electron chi connectivity index (χ1n) is 2.70. The Hall–Kier alpha value is -0.220. The molecule has 0 aromatic heterocycles. The molecule has 0 aliphatic rings. The summed E-state index contributed by atoms with van der Waals surface area (Å²) in [6.07, 6.45) is 1.87. The second kappa shape index (κ2) is 5.91. The number of hydrogen-bond donors (Lipinski definition) is 1. The van der Waals surface area contributed by atoms with Crippen LogP contribution in [0.3, 0.4) is 0 Å². The zero-order valence-corrected chi connectivity index (χ0v) is 6.46. The van der Waals surface area contributed by atoms with Crippen LogP contribution >= 0.6 is 11.8 Å². The van der Waals surface area contributed by atoms with Gasteiger partial charge in [0.25, 0.3) is 5.91 Å². The number of hydroxylamine groups is 1. The van der Waals surface area contributed by atoms with Gasteiger partial charge in [-0.1, -0.05) is 0 Å². The van der Waals surface area contributed by atoms with E-state index in [1.165, 1.54) is 11.8 Å². The van der Waals surface area contributed by atoms with Crippen LogP contribution in [-0.2, 0) is 9.63 Å². The van der Waals surface area contributed by atoms with E-state index in [1.54, 1.807) is 0 Å². The first-order chi connectivity index (χ1) is 4.31. The molecule has 0 saturated heterocycles. The number of amides is 1. The fourth-order valence-electron chi connectivity index (χ4n) is 0.313. The van der Waals surface area contributed by atoms with Crippen molar-refractivity contribution < 1.29 is 9.63 Å². The standard InChI is InChI=1S/C5H11NO2S/c1-3-8-6-5(7)4-9-2/h3-4H2,1-2H3,(H,6,7). The normalized spacial score (nSPS) is 9.11. The van der Waals surface area contributed by atoms with Gasteiger partial charge in [-0.25, -0.2) is 5.48 Å². The third-order valence-corrected chi connectivity index (χ3v) is 1.16. The molecule has 0 aliphatic carbocycles. The van der Waals surface area contributed by atoms with Gasteiger partial charge in [-0.05, 0) is 13.2 Å². The highest BCUT2D eigenvalue weighted by Crippen LogP contribution is 1.88. The average molecular weight is 149 g/mol. The van der Waals surface area contributed by atoms with E-state index in [0.717, 1.165) is 0 Å². The SMILES string of the molecule is CCONC(=O)CSC. The highest BCUT2D eigenvalue weighted by Gasteiger charge is 1.95. The fraction of sp³-hybridized carbons (Fsp3) is 0.800. The van der Waals surface area contributed by atoms with E-state index in [9.17, 15) is 4.79 Å². The van der Waals surface area contributed by atoms with Crippen LogP contribution < -0.4 is 5.48 Å². The van der Waals surface area contributed by atoms with Crippen LogP contribution in [0.5, 0.6) is 0 Å². The molecule has 0 heterocycles. The molecule has 0 atom stereocenters. The lowest BCUT2D eigenvalue weighted by atomic mass is 10.8. The molecule has 0 bridgehead atoms. The minimum atomic E-state index is -0.0793. The Morgan fingerprint density at radius 3 is 2.89 bits per heavy atom. The lowest BCUT2D eigenvalue weighted by Crippen LogP contribution is -2.25. The Balaban J connectivity index is 3.06. The van der Waals surface area contributed by atoms with Gasteiger partial charge in [0, 0.05) is 0 Å². The summed E-state index contributed by atoms with van der Waals surface area (Å²) in [6.45, 7) is 2.33. The lowest BCUT2D eigenvalue weighted by molar-refractivity contribution is -0.130. The molecule has 0 aliphatic heterocycles. The first kappa shape index (κ1) is 8.78. The second-order valence-corrected chi connectivity index (χ2v) is 2.26. The summed E-state index contributed by atoms with van der Waals surface area (Å²) in [5.74, 6) is 0.379. The van der Waals surface area contributed by atoms with Crippen molar-refractivity contribution in [1.29, 1.82) is 0 Å². The summed E-state index contributed by atoms with van der Waals surface area (Å²) in [4.78, 5) is 15.2. The second-order valence-electron chi connectivity index (χ2n) is 1.39. The predicted molar refractivity (Wildman–Crippen MR) is 38.2 cm³/mol. The van der Waals surface area contributed by atoms with Gasteiger partial charge in [-0.15, -0.1) is 0 Å². The van der Waals surface area contributed by atoms with Gasteiger partial charge in [0.1, 0.15) is 0 Å². The summed E-state index contributed by atoms with van der Waals surface area (Å²) < 4.78 is 0. The number of carbonyl (C=O) groups is 1. The summed E-state index contributed by atoms with van der Waals surface area (Å²) in [5.41, 5.74) is 2.27. The number of carbonyl (C=O) groups excluding carboxylic acids is 1. The Morgan fingerprint density at radius 2 is 2.44 bits per heavy atom. The molecule has 1 N–H and O–H groups in total. The average Bonchev–Trinajstić information content (AvgIpc) is 1.85. The third kappa shape index (κ3) is 5.65. The quantitative estimate of drug-likeness (QED) is 0.589. The van der Waals surface area contributed by atoms with Crippen molar-refractivity contribution in [2.24, 2.45) is 0 Å². The van der Waals surface area contributed by atoms with Gasteiger partial charge < -0.3 is 0 Å². The van der Waals surface area contributed by atoms with Gasteiger partial charge >= 0.3 is 0 Å². The number of rotatable bonds is 4. The van der Waals surface area contributed by atoms with Crippen molar-refractivity contribution >= 4 is 17.7 Å². The van der Waals surface area contributed by atoms with Crippen LogP contribution in [0, 0.1) is 0 Å². The van der Waals surface area contributed by atoms with Crippen LogP contribution in [0.4, 0.5) is 0 Å². The molecular weight excluding hydrogens is 138 g/mol. The molecule has 0 aromatic rings. The van der Waals surface area contributed by atoms with Crippen molar-refractivity contribution in [3.05, 3.63) is 0 Å². The van der Waals surface area contributed by atoms with E-state index < -0.39 is 0 Å². The van der Waals surface area contributed by atoms with Crippen LogP contribution in [0.25, 0.3) is 0 Å². The van der Waals surface area contributed by atoms with E-state index in [1.807, 2.05) is 13.2 Å². The molecule has 9 heavy (non-hydrogen) atoms. The minimum absolute atomic E-state index is 0.0793. The monoisotopic (exact) mass is 149 g/mol. The van der Waals surface area contributed by atoms with E-state index >= 15 is 0 Å². The Morgan fingerprint density at radius 1 is 1.78 bits per heavy atom. The molecule has 54 valence electrons. The fourth-order valence-corrected chi connectivity index (χ4v) is 0.634. The zero-order chi connectivity index (χ0) is 7.11. The molecule has 0 unspecified atom stereocenters. The van der Waals surface area contributed by atoms with Crippen LogP contribution in [0.15, 0.2) is 0 Å². The van der Waals surface area contributed by atoms with Crippen molar-refractivity contribution in [3.8, 4) is 0 Å². The molecule has 0 spiro atoms. The summed E-state index contributed by atoms with van der Waals surface area (Å²) in [6, 6.07) is 0. The van der Waals surface area contributed by atoms with Crippen LogP contribution in [0.2, 0.25) is 0 Å². The maximum Gasteiger partial charge on any atom is 0.253 e. The van der Waals surface area contributed by atoms with E-state index in [-0.39, 0.29) is 5.91 Å². The summed E-state index contributed by atoms with van der Waals surface area (Å²) in [7, 11) is 0. The zero-order valence-electron chi connectivity index (χ0n) is 5.64. The smallest absolute Gasteiger partial charge is 0.253 e. The van der Waals surface area contributed by atoms with Crippen LogP contribution in [-0.4, -0.2) is 24.5 Å². The molecule has 0 saturated carbocycles. The maximum atomic E-state index is 10.5. The highest BCUT2D eigenvalue weighted by molar-refractivity contribution is 7.99. The molecule has 0 aromatic carbocycles. The molecule has 0 radical (unpaired) electrons. The minimum Gasteiger partial charge on any atom is -0.274 e. The van der Waals surface area contributed by atoms with Gasteiger partial charge in [0.2, 0.25) is 0 Å². The molecule has 1 amide bonds. The van der Waals surface area contributed by atoms with E-state index in [4.69, 9.17) is 0 Å². The van der Waals surface area contributed by atoms with Gasteiger partial charge in [0.05, 0.1) is 12.4 Å². The van der Waals surface area contributed by atoms with Crippen molar-refractivity contribution in [3.63, 3.8) is 0 Å². The topological polar surface area (TPSA) is 38.3 Å². The van der Waals surface area contributed by atoms with Crippen LogP contribution in [0.1, 0.15) is 6.92 Å². The Labute approximate surface area is 59.1 Å². The Kier molecular flexibility index (Phi) is 5.76. The van der Waals surface area contributed by atoms with Gasteiger partial charge in [0.15, 0.2) is 0 Å². The maximum absolute atomic E-state index is 10.5. The molecule has 4 heteroatoms. The van der Waals surface area contributed by atoms with Crippen molar-refractivity contribution in [1.82, 2.24) is 5.48 Å². The summed E-state index contributed by atoms with van der Waals surface area (Å²) in [5, 5.41) is 0. The van der Waals surface area contributed by atoms with E-state index in [2.05, 4.69) is 10.3 Å². The largest absolute Gasteiger partial charge is 0.274 e. The number of thioether (sulfide) groups is 1. The Bertz CT molecular complexity index is 87.0. The first-order valence-corrected chi connectivity index (χ1v) is 4.10.